The molecule has 0 radical (unpaired) electrons. The van der Waals surface area contributed by atoms with Gasteiger partial charge in [-0.05, 0) is 36.6 Å². The number of hydrogen-bond donors (Lipinski definition) is 2. The van der Waals surface area contributed by atoms with Crippen LogP contribution in [0.4, 0.5) is 10.1 Å². The Kier molecular flexibility index (Phi) is 5.12. The van der Waals surface area contributed by atoms with E-state index in [9.17, 15) is 14.0 Å². The number of nitrogens with one attached hydrogen (secondary N) is 2. The van der Waals surface area contributed by atoms with Crippen molar-refractivity contribution in [3.05, 3.63) is 65.5 Å². The molecular weight excluding hydrogens is 319 g/mol. The summed E-state index contributed by atoms with van der Waals surface area (Å²) in [5.74, 6) is -1.34. The zero-order valence-electron chi connectivity index (χ0n) is 14.1. The zero-order valence-corrected chi connectivity index (χ0v) is 14.1. The molecule has 0 bridgehead atoms. The molecule has 1 aliphatic carbocycles. The second kappa shape index (κ2) is 7.47. The summed E-state index contributed by atoms with van der Waals surface area (Å²) in [6.45, 7) is 2.21. The maximum atomic E-state index is 13.5. The summed E-state index contributed by atoms with van der Waals surface area (Å²) >= 11 is 0. The molecule has 2 aromatic rings. The molecule has 0 heterocycles. The van der Waals surface area contributed by atoms with E-state index >= 15 is 0 Å². The van der Waals surface area contributed by atoms with Crippen LogP contribution in [0.25, 0.3) is 0 Å². The number of hydrogen-bond acceptors (Lipinski definition) is 2. The highest BCUT2D eigenvalue weighted by Gasteiger charge is 2.47. The van der Waals surface area contributed by atoms with Crippen LogP contribution >= 0.6 is 0 Å². The normalized spacial score (nSPS) is 18.5. The minimum atomic E-state index is -0.344. The van der Waals surface area contributed by atoms with Gasteiger partial charge >= 0.3 is 0 Å². The van der Waals surface area contributed by atoms with Crippen molar-refractivity contribution in [3.63, 3.8) is 0 Å². The SMILES string of the molecule is CCc1ccc(NC(=O)C2CC2C(=O)NCc2ccccc2F)cc1. The molecule has 2 atom stereocenters. The topological polar surface area (TPSA) is 58.2 Å². The van der Waals surface area contributed by atoms with E-state index in [0.29, 0.717) is 12.0 Å². The molecule has 3 rings (SSSR count). The van der Waals surface area contributed by atoms with E-state index in [0.717, 1.165) is 12.1 Å². The van der Waals surface area contributed by atoms with E-state index < -0.39 is 0 Å². The van der Waals surface area contributed by atoms with Crippen LogP contribution in [0.3, 0.4) is 0 Å². The fourth-order valence-corrected chi connectivity index (χ4v) is 2.79. The van der Waals surface area contributed by atoms with Crippen molar-refractivity contribution < 1.29 is 14.0 Å². The molecule has 0 saturated heterocycles. The van der Waals surface area contributed by atoms with Gasteiger partial charge in [0.25, 0.3) is 0 Å². The molecule has 0 aliphatic heterocycles. The fraction of sp³-hybridized carbons (Fsp3) is 0.300. The lowest BCUT2D eigenvalue weighted by atomic mass is 10.1. The number of aryl methyl sites for hydroxylation is 1. The minimum absolute atomic E-state index is 0.134. The van der Waals surface area contributed by atoms with Crippen molar-refractivity contribution in [3.8, 4) is 0 Å². The van der Waals surface area contributed by atoms with E-state index in [1.54, 1.807) is 18.2 Å². The van der Waals surface area contributed by atoms with E-state index in [1.807, 2.05) is 24.3 Å². The van der Waals surface area contributed by atoms with Crippen LogP contribution in [0.5, 0.6) is 0 Å². The molecule has 1 saturated carbocycles. The van der Waals surface area contributed by atoms with Gasteiger partial charge in [0.15, 0.2) is 0 Å². The van der Waals surface area contributed by atoms with Crippen molar-refractivity contribution >= 4 is 17.5 Å². The Morgan fingerprint density at radius 2 is 1.72 bits per heavy atom. The number of anilines is 1. The number of rotatable bonds is 6. The lowest BCUT2D eigenvalue weighted by molar-refractivity contribution is -0.125. The van der Waals surface area contributed by atoms with Crippen molar-refractivity contribution in [1.29, 1.82) is 0 Å². The summed E-state index contributed by atoms with van der Waals surface area (Å²) in [4.78, 5) is 24.3. The molecule has 5 heteroatoms. The first kappa shape index (κ1) is 17.1. The lowest BCUT2D eigenvalue weighted by Crippen LogP contribution is -2.27. The van der Waals surface area contributed by atoms with Gasteiger partial charge in [0.2, 0.25) is 11.8 Å². The van der Waals surface area contributed by atoms with Crippen molar-refractivity contribution in [2.24, 2.45) is 11.8 Å². The summed E-state index contributed by atoms with van der Waals surface area (Å²) in [5.41, 5.74) is 2.38. The monoisotopic (exact) mass is 340 g/mol. The molecule has 1 aliphatic rings. The van der Waals surface area contributed by atoms with Gasteiger partial charge in [-0.1, -0.05) is 37.3 Å². The number of halogens is 1. The molecule has 0 spiro atoms. The second-order valence-electron chi connectivity index (χ2n) is 6.30. The Bertz CT molecular complexity index is 774. The van der Waals surface area contributed by atoms with Crippen LogP contribution in [0.15, 0.2) is 48.5 Å². The van der Waals surface area contributed by atoms with Gasteiger partial charge in [0, 0.05) is 17.8 Å². The van der Waals surface area contributed by atoms with Gasteiger partial charge in [-0.2, -0.15) is 0 Å². The van der Waals surface area contributed by atoms with E-state index in [4.69, 9.17) is 0 Å². The van der Waals surface area contributed by atoms with Crippen molar-refractivity contribution in [2.75, 3.05) is 5.32 Å². The summed E-state index contributed by atoms with van der Waals surface area (Å²) in [7, 11) is 0. The Morgan fingerprint density at radius 1 is 1.04 bits per heavy atom. The standard InChI is InChI=1S/C20H21FN2O2/c1-2-13-7-9-15(10-8-13)23-20(25)17-11-16(17)19(24)22-12-14-5-3-4-6-18(14)21/h3-10,16-17H,2,11-12H2,1H3,(H,22,24)(H,23,25). The molecule has 2 N–H and O–H groups in total. The first-order valence-electron chi connectivity index (χ1n) is 8.49. The summed E-state index contributed by atoms with van der Waals surface area (Å²) in [5, 5.41) is 5.55. The second-order valence-corrected chi connectivity index (χ2v) is 6.30. The molecule has 2 unspecified atom stereocenters. The van der Waals surface area contributed by atoms with E-state index in [-0.39, 0.29) is 36.0 Å². The number of amides is 2. The molecule has 1 fully saturated rings. The van der Waals surface area contributed by atoms with Crippen LogP contribution < -0.4 is 10.6 Å². The molecule has 2 amide bonds. The third-order valence-corrected chi connectivity index (χ3v) is 4.50. The lowest BCUT2D eigenvalue weighted by Gasteiger charge is -2.07. The Morgan fingerprint density at radius 3 is 2.40 bits per heavy atom. The van der Waals surface area contributed by atoms with Crippen LogP contribution in [0.1, 0.15) is 24.5 Å². The molecule has 130 valence electrons. The first-order chi connectivity index (χ1) is 12.1. The maximum Gasteiger partial charge on any atom is 0.228 e. The summed E-state index contributed by atoms with van der Waals surface area (Å²) < 4.78 is 13.5. The van der Waals surface area contributed by atoms with E-state index in [2.05, 4.69) is 17.6 Å². The van der Waals surface area contributed by atoms with Crippen molar-refractivity contribution in [1.82, 2.24) is 5.32 Å². The third-order valence-electron chi connectivity index (χ3n) is 4.50. The largest absolute Gasteiger partial charge is 0.352 e. The number of benzene rings is 2. The summed E-state index contributed by atoms with van der Waals surface area (Å²) in [6.07, 6.45) is 1.48. The predicted octanol–water partition coefficient (Wildman–Crippen LogP) is 3.28. The van der Waals surface area contributed by atoms with Gasteiger partial charge in [-0.15, -0.1) is 0 Å². The molecule has 25 heavy (non-hydrogen) atoms. The van der Waals surface area contributed by atoms with Crippen molar-refractivity contribution in [2.45, 2.75) is 26.3 Å². The van der Waals surface area contributed by atoms with Gasteiger partial charge in [0.05, 0.1) is 11.8 Å². The summed E-state index contributed by atoms with van der Waals surface area (Å²) in [6, 6.07) is 14.0. The number of carbonyl (C=O) groups excluding carboxylic acids is 2. The van der Waals surface area contributed by atoms with Gasteiger partial charge in [-0.3, -0.25) is 9.59 Å². The highest BCUT2D eigenvalue weighted by atomic mass is 19.1. The maximum absolute atomic E-state index is 13.5. The third kappa shape index (κ3) is 4.24. The molecule has 2 aromatic carbocycles. The Balaban J connectivity index is 1.48. The Labute approximate surface area is 146 Å². The van der Waals surface area contributed by atoms with Gasteiger partial charge < -0.3 is 10.6 Å². The van der Waals surface area contributed by atoms with Crippen LogP contribution in [0.2, 0.25) is 0 Å². The van der Waals surface area contributed by atoms with Crippen LogP contribution in [-0.2, 0) is 22.6 Å². The fourth-order valence-electron chi connectivity index (χ4n) is 2.79. The molecule has 0 aromatic heterocycles. The zero-order chi connectivity index (χ0) is 17.8. The predicted molar refractivity (Wildman–Crippen MR) is 94.3 cm³/mol. The van der Waals surface area contributed by atoms with E-state index in [1.165, 1.54) is 11.6 Å². The highest BCUT2D eigenvalue weighted by Crippen LogP contribution is 2.39. The van der Waals surface area contributed by atoms with Crippen LogP contribution in [-0.4, -0.2) is 11.8 Å². The molecular formula is C20H21FN2O2. The first-order valence-corrected chi connectivity index (χ1v) is 8.49. The van der Waals surface area contributed by atoms with Crippen LogP contribution in [0, 0.1) is 17.7 Å². The van der Waals surface area contributed by atoms with Gasteiger partial charge in [-0.25, -0.2) is 4.39 Å². The Hall–Kier alpha value is -2.69. The quantitative estimate of drug-likeness (QED) is 0.848. The average molecular weight is 340 g/mol. The minimum Gasteiger partial charge on any atom is -0.352 e. The number of carbonyl (C=O) groups is 2. The average Bonchev–Trinajstić information content (AvgIpc) is 3.42. The highest BCUT2D eigenvalue weighted by molar-refractivity contribution is 5.99. The van der Waals surface area contributed by atoms with Gasteiger partial charge in [0.1, 0.15) is 5.82 Å². The smallest absolute Gasteiger partial charge is 0.228 e. The molecule has 4 nitrogen and oxygen atoms in total.